The molecule has 0 aliphatic heterocycles. The SMILES string of the molecule is Cc1c(Cl)ccc(OCCc2ccc[n+]([O-])c2)c1C. The fraction of sp³-hybridized carbons (Fsp3) is 0.267. The number of rotatable bonds is 4. The molecule has 0 radical (unpaired) electrons. The van der Waals surface area contributed by atoms with E-state index in [0.717, 1.165) is 32.2 Å². The second kappa shape index (κ2) is 5.93. The maximum atomic E-state index is 11.1. The lowest BCUT2D eigenvalue weighted by atomic mass is 10.1. The smallest absolute Gasteiger partial charge is 0.183 e. The van der Waals surface area contributed by atoms with E-state index >= 15 is 0 Å². The molecule has 0 N–H and O–H groups in total. The largest absolute Gasteiger partial charge is 0.619 e. The van der Waals surface area contributed by atoms with Crippen LogP contribution in [0.15, 0.2) is 36.7 Å². The minimum absolute atomic E-state index is 0.534. The summed E-state index contributed by atoms with van der Waals surface area (Å²) in [5.41, 5.74) is 3.05. The third-order valence-electron chi connectivity index (χ3n) is 3.16. The van der Waals surface area contributed by atoms with Crippen LogP contribution < -0.4 is 9.47 Å². The Morgan fingerprint density at radius 1 is 1.21 bits per heavy atom. The summed E-state index contributed by atoms with van der Waals surface area (Å²) in [7, 11) is 0. The average molecular weight is 278 g/mol. The molecule has 2 rings (SSSR count). The van der Waals surface area contributed by atoms with Crippen molar-refractivity contribution in [3.05, 3.63) is 63.6 Å². The van der Waals surface area contributed by atoms with Gasteiger partial charge in [0, 0.05) is 23.1 Å². The lowest BCUT2D eigenvalue weighted by molar-refractivity contribution is -0.605. The van der Waals surface area contributed by atoms with Crippen LogP contribution in [0.5, 0.6) is 5.75 Å². The molecule has 0 atom stereocenters. The van der Waals surface area contributed by atoms with Crippen molar-refractivity contribution in [1.29, 1.82) is 0 Å². The molecule has 2 aromatic rings. The molecule has 0 aliphatic carbocycles. The van der Waals surface area contributed by atoms with Crippen molar-refractivity contribution in [1.82, 2.24) is 0 Å². The summed E-state index contributed by atoms with van der Waals surface area (Å²) < 4.78 is 6.55. The third-order valence-corrected chi connectivity index (χ3v) is 3.57. The predicted molar refractivity (Wildman–Crippen MR) is 75.5 cm³/mol. The molecule has 1 heterocycles. The summed E-state index contributed by atoms with van der Waals surface area (Å²) in [5.74, 6) is 0.841. The maximum Gasteiger partial charge on any atom is 0.183 e. The Morgan fingerprint density at radius 2 is 2.00 bits per heavy atom. The lowest BCUT2D eigenvalue weighted by Gasteiger charge is -2.11. The van der Waals surface area contributed by atoms with Crippen LogP contribution in [-0.4, -0.2) is 6.61 Å². The van der Waals surface area contributed by atoms with Crippen molar-refractivity contribution in [3.8, 4) is 5.75 Å². The molecule has 1 aromatic carbocycles. The molecule has 0 bridgehead atoms. The fourth-order valence-corrected chi connectivity index (χ4v) is 2.05. The molecule has 0 saturated carbocycles. The van der Waals surface area contributed by atoms with Crippen LogP contribution in [0.1, 0.15) is 16.7 Å². The third kappa shape index (κ3) is 3.38. The molecule has 1 aromatic heterocycles. The van der Waals surface area contributed by atoms with Crippen LogP contribution in [-0.2, 0) is 6.42 Å². The number of aromatic nitrogens is 1. The maximum absolute atomic E-state index is 11.1. The number of ether oxygens (including phenoxy) is 1. The summed E-state index contributed by atoms with van der Waals surface area (Å²) >= 11 is 6.04. The first-order valence-electron chi connectivity index (χ1n) is 6.14. The lowest BCUT2D eigenvalue weighted by Crippen LogP contribution is -2.25. The second-order valence-corrected chi connectivity index (χ2v) is 4.87. The summed E-state index contributed by atoms with van der Waals surface area (Å²) in [6, 6.07) is 7.37. The predicted octanol–water partition coefficient (Wildman–Crippen LogP) is 3.21. The Hall–Kier alpha value is -1.74. The monoisotopic (exact) mass is 277 g/mol. The van der Waals surface area contributed by atoms with E-state index in [1.54, 1.807) is 12.3 Å². The van der Waals surface area contributed by atoms with Gasteiger partial charge in [-0.15, -0.1) is 0 Å². The van der Waals surface area contributed by atoms with Crippen LogP contribution in [0.25, 0.3) is 0 Å². The Balaban J connectivity index is 1.98. The molecule has 0 amide bonds. The van der Waals surface area contributed by atoms with Gasteiger partial charge in [-0.2, -0.15) is 4.73 Å². The highest BCUT2D eigenvalue weighted by Gasteiger charge is 2.06. The van der Waals surface area contributed by atoms with Gasteiger partial charge in [-0.25, -0.2) is 0 Å². The molecular weight excluding hydrogens is 262 g/mol. The molecule has 0 unspecified atom stereocenters. The first-order valence-corrected chi connectivity index (χ1v) is 6.52. The van der Waals surface area contributed by atoms with Crippen LogP contribution >= 0.6 is 11.6 Å². The van der Waals surface area contributed by atoms with E-state index in [0.29, 0.717) is 13.0 Å². The van der Waals surface area contributed by atoms with Crippen LogP contribution in [0.2, 0.25) is 5.02 Å². The zero-order valence-electron chi connectivity index (χ0n) is 11.0. The highest BCUT2D eigenvalue weighted by molar-refractivity contribution is 6.31. The van der Waals surface area contributed by atoms with E-state index in [-0.39, 0.29) is 0 Å². The van der Waals surface area contributed by atoms with E-state index in [2.05, 4.69) is 0 Å². The molecule has 0 spiro atoms. The zero-order valence-corrected chi connectivity index (χ0v) is 11.8. The van der Waals surface area contributed by atoms with E-state index < -0.39 is 0 Å². The van der Waals surface area contributed by atoms with Gasteiger partial charge in [0.05, 0.1) is 6.61 Å². The Labute approximate surface area is 118 Å². The van der Waals surface area contributed by atoms with Gasteiger partial charge in [-0.3, -0.25) is 0 Å². The number of hydrogen-bond donors (Lipinski definition) is 0. The summed E-state index contributed by atoms with van der Waals surface area (Å²) in [4.78, 5) is 0. The molecule has 100 valence electrons. The van der Waals surface area contributed by atoms with Gasteiger partial charge in [-0.05, 0) is 43.2 Å². The van der Waals surface area contributed by atoms with Gasteiger partial charge in [0.1, 0.15) is 5.75 Å². The normalized spacial score (nSPS) is 10.5. The van der Waals surface area contributed by atoms with E-state index in [1.165, 1.54) is 6.20 Å². The minimum atomic E-state index is 0.534. The van der Waals surface area contributed by atoms with Gasteiger partial charge in [0.15, 0.2) is 12.4 Å². The topological polar surface area (TPSA) is 36.2 Å². The number of benzene rings is 1. The van der Waals surface area contributed by atoms with Gasteiger partial charge in [0.2, 0.25) is 0 Å². The molecule has 0 saturated heterocycles. The molecular formula is C15H16ClNO2. The van der Waals surface area contributed by atoms with Gasteiger partial charge < -0.3 is 9.94 Å². The van der Waals surface area contributed by atoms with Gasteiger partial charge in [0.25, 0.3) is 0 Å². The number of nitrogens with zero attached hydrogens (tertiary/aromatic N) is 1. The van der Waals surface area contributed by atoms with E-state index in [9.17, 15) is 5.21 Å². The van der Waals surface area contributed by atoms with Crippen molar-refractivity contribution >= 4 is 11.6 Å². The Kier molecular flexibility index (Phi) is 4.27. The molecule has 3 nitrogen and oxygen atoms in total. The molecule has 4 heteroatoms. The van der Waals surface area contributed by atoms with Crippen LogP contribution in [0.3, 0.4) is 0 Å². The zero-order chi connectivity index (χ0) is 13.8. The van der Waals surface area contributed by atoms with Gasteiger partial charge >= 0.3 is 0 Å². The Morgan fingerprint density at radius 3 is 2.74 bits per heavy atom. The highest BCUT2D eigenvalue weighted by atomic mass is 35.5. The number of hydrogen-bond acceptors (Lipinski definition) is 2. The van der Waals surface area contributed by atoms with E-state index in [1.807, 2.05) is 32.0 Å². The summed E-state index contributed by atoms with van der Waals surface area (Å²) in [6.07, 6.45) is 3.73. The molecule has 0 aliphatic rings. The quantitative estimate of drug-likeness (QED) is 0.635. The first-order chi connectivity index (χ1) is 9.08. The van der Waals surface area contributed by atoms with Crippen molar-refractivity contribution < 1.29 is 9.47 Å². The standard InChI is InChI=1S/C15H16ClNO2/c1-11-12(2)15(6-5-14(11)16)19-9-7-13-4-3-8-17(18)10-13/h3-6,8,10H,7,9H2,1-2H3. The Bertz CT molecular complexity index is 584. The fourth-order valence-electron chi connectivity index (χ4n) is 1.85. The molecule has 19 heavy (non-hydrogen) atoms. The van der Waals surface area contributed by atoms with Crippen molar-refractivity contribution in [3.63, 3.8) is 0 Å². The van der Waals surface area contributed by atoms with Crippen molar-refractivity contribution in [2.75, 3.05) is 6.61 Å². The summed E-state index contributed by atoms with van der Waals surface area (Å²) in [5, 5.41) is 11.9. The van der Waals surface area contributed by atoms with Gasteiger partial charge in [-0.1, -0.05) is 11.6 Å². The summed E-state index contributed by atoms with van der Waals surface area (Å²) in [6.45, 7) is 4.50. The van der Waals surface area contributed by atoms with Crippen LogP contribution in [0, 0.1) is 19.1 Å². The number of halogens is 1. The van der Waals surface area contributed by atoms with Crippen LogP contribution in [0.4, 0.5) is 0 Å². The average Bonchev–Trinajstić information content (AvgIpc) is 2.39. The van der Waals surface area contributed by atoms with E-state index in [4.69, 9.17) is 16.3 Å². The molecule has 0 fully saturated rings. The first kappa shape index (κ1) is 13.7. The highest BCUT2D eigenvalue weighted by Crippen LogP contribution is 2.27. The second-order valence-electron chi connectivity index (χ2n) is 4.47. The van der Waals surface area contributed by atoms with Crippen molar-refractivity contribution in [2.45, 2.75) is 20.3 Å². The minimum Gasteiger partial charge on any atom is -0.619 e. The van der Waals surface area contributed by atoms with Crippen molar-refractivity contribution in [2.24, 2.45) is 0 Å². The number of pyridine rings is 1.